The van der Waals surface area contributed by atoms with Crippen molar-refractivity contribution in [3.8, 4) is 0 Å². The quantitative estimate of drug-likeness (QED) is 0.552. The second kappa shape index (κ2) is 8.19. The first kappa shape index (κ1) is 20.0. The fourth-order valence-electron chi connectivity index (χ4n) is 4.53. The predicted molar refractivity (Wildman–Crippen MR) is 116 cm³/mol. The average Bonchev–Trinajstić information content (AvgIpc) is 3.09. The van der Waals surface area contributed by atoms with Gasteiger partial charge in [-0.3, -0.25) is 14.2 Å². The molecule has 0 spiro atoms. The Morgan fingerprint density at radius 3 is 2.86 bits per heavy atom. The van der Waals surface area contributed by atoms with Gasteiger partial charge in [-0.1, -0.05) is 18.7 Å². The Hall–Kier alpha value is -1.34. The number of piperidine rings is 1. The zero-order valence-corrected chi connectivity index (χ0v) is 18.6. The van der Waals surface area contributed by atoms with Gasteiger partial charge in [-0.25, -0.2) is 4.98 Å². The Balaban J connectivity index is 1.61. The van der Waals surface area contributed by atoms with Gasteiger partial charge in [0.25, 0.3) is 5.56 Å². The fraction of sp³-hybridized carbons (Fsp3) is 0.667. The third-order valence-electron chi connectivity index (χ3n) is 6.17. The molecule has 1 aliphatic heterocycles. The van der Waals surface area contributed by atoms with E-state index < -0.39 is 0 Å². The van der Waals surface area contributed by atoms with E-state index in [1.54, 1.807) is 23.0 Å². The number of thioether (sulfide) groups is 1. The third kappa shape index (κ3) is 3.52. The monoisotopic (exact) mass is 419 g/mol. The van der Waals surface area contributed by atoms with Gasteiger partial charge in [-0.05, 0) is 63.9 Å². The molecule has 7 heteroatoms. The van der Waals surface area contributed by atoms with Crippen LogP contribution in [0.15, 0.2) is 9.95 Å². The number of hydrogen-bond acceptors (Lipinski definition) is 5. The van der Waals surface area contributed by atoms with E-state index >= 15 is 0 Å². The van der Waals surface area contributed by atoms with Crippen LogP contribution in [0.3, 0.4) is 0 Å². The highest BCUT2D eigenvalue weighted by molar-refractivity contribution is 8.00. The van der Waals surface area contributed by atoms with Crippen LogP contribution in [0.25, 0.3) is 10.2 Å². The highest BCUT2D eigenvalue weighted by Crippen LogP contribution is 2.35. The second-order valence-electron chi connectivity index (χ2n) is 8.00. The van der Waals surface area contributed by atoms with Crippen molar-refractivity contribution in [2.24, 2.45) is 7.05 Å². The topological polar surface area (TPSA) is 55.2 Å². The zero-order chi connectivity index (χ0) is 19.8. The molecule has 0 saturated carbocycles. The molecule has 2 aliphatic rings. The fourth-order valence-corrected chi connectivity index (χ4v) is 6.78. The Kier molecular flexibility index (Phi) is 5.83. The van der Waals surface area contributed by atoms with E-state index in [0.717, 1.165) is 55.3 Å². The van der Waals surface area contributed by atoms with Crippen LogP contribution in [0.2, 0.25) is 0 Å². The minimum Gasteiger partial charge on any atom is -0.339 e. The van der Waals surface area contributed by atoms with Crippen LogP contribution in [0.5, 0.6) is 0 Å². The summed E-state index contributed by atoms with van der Waals surface area (Å²) in [5.74, 6) is 0.177. The molecule has 2 aromatic rings. The van der Waals surface area contributed by atoms with Crippen LogP contribution in [-0.2, 0) is 24.7 Å². The standard InChI is InChI=1S/C21H29N3O2S2/c1-4-14-9-7-8-12-24(14)19(25)13(2)27-21-22-18-17(20(26)23(21)3)15-10-5-6-11-16(15)28-18/h13-14H,4-12H2,1-3H3. The minimum absolute atomic E-state index is 0.0379. The molecule has 0 bridgehead atoms. The number of thiophene rings is 1. The van der Waals surface area contributed by atoms with Gasteiger partial charge in [0.15, 0.2) is 5.16 Å². The largest absolute Gasteiger partial charge is 0.339 e. The summed E-state index contributed by atoms with van der Waals surface area (Å²) >= 11 is 3.10. The molecular weight excluding hydrogens is 390 g/mol. The molecule has 2 aromatic heterocycles. The maximum Gasteiger partial charge on any atom is 0.262 e. The lowest BCUT2D eigenvalue weighted by atomic mass is 9.97. The lowest BCUT2D eigenvalue weighted by molar-refractivity contribution is -0.134. The number of amides is 1. The molecule has 0 radical (unpaired) electrons. The van der Waals surface area contributed by atoms with Crippen molar-refractivity contribution in [2.45, 2.75) is 81.7 Å². The van der Waals surface area contributed by atoms with Crippen LogP contribution in [0.1, 0.15) is 62.8 Å². The van der Waals surface area contributed by atoms with Crippen LogP contribution >= 0.6 is 23.1 Å². The molecule has 5 nitrogen and oxygen atoms in total. The van der Waals surface area contributed by atoms with Crippen molar-refractivity contribution in [1.82, 2.24) is 14.5 Å². The lowest BCUT2D eigenvalue weighted by Crippen LogP contribution is -2.46. The maximum atomic E-state index is 13.1. The third-order valence-corrected chi connectivity index (χ3v) is 8.48. The first-order chi connectivity index (χ1) is 13.5. The molecule has 152 valence electrons. The summed E-state index contributed by atoms with van der Waals surface area (Å²) in [6, 6.07) is 0.354. The summed E-state index contributed by atoms with van der Waals surface area (Å²) < 4.78 is 1.64. The van der Waals surface area contributed by atoms with E-state index in [1.807, 2.05) is 6.92 Å². The number of aryl methyl sites for hydroxylation is 2. The molecule has 1 aliphatic carbocycles. The minimum atomic E-state index is -0.239. The molecule has 3 heterocycles. The number of aromatic nitrogens is 2. The normalized spacial score (nSPS) is 21.0. The van der Waals surface area contributed by atoms with Gasteiger partial charge < -0.3 is 4.90 Å². The summed E-state index contributed by atoms with van der Waals surface area (Å²) in [7, 11) is 1.79. The number of likely N-dealkylation sites (tertiary alicyclic amines) is 1. The summed E-state index contributed by atoms with van der Waals surface area (Å²) in [6.45, 7) is 4.96. The SMILES string of the molecule is CCC1CCCCN1C(=O)C(C)Sc1nc2sc3c(c2c(=O)n1C)CCCC3. The summed E-state index contributed by atoms with van der Waals surface area (Å²) in [4.78, 5) is 35.2. The van der Waals surface area contributed by atoms with Crippen molar-refractivity contribution in [2.75, 3.05) is 6.54 Å². The molecule has 0 aromatic carbocycles. The van der Waals surface area contributed by atoms with E-state index in [2.05, 4.69) is 11.8 Å². The average molecular weight is 420 g/mol. The van der Waals surface area contributed by atoms with E-state index in [0.29, 0.717) is 11.2 Å². The molecular formula is C21H29N3O2S2. The molecule has 1 amide bonds. The number of carbonyl (C=O) groups excluding carboxylic acids is 1. The molecule has 0 N–H and O–H groups in total. The molecule has 2 unspecified atom stereocenters. The summed E-state index contributed by atoms with van der Waals surface area (Å²) in [6.07, 6.45) is 8.80. The molecule has 28 heavy (non-hydrogen) atoms. The molecule has 4 rings (SSSR count). The van der Waals surface area contributed by atoms with E-state index in [4.69, 9.17) is 4.98 Å². The second-order valence-corrected chi connectivity index (χ2v) is 10.4. The van der Waals surface area contributed by atoms with Gasteiger partial charge in [-0.2, -0.15) is 0 Å². The number of fused-ring (bicyclic) bond motifs is 3. The Morgan fingerprint density at radius 1 is 1.29 bits per heavy atom. The first-order valence-corrected chi connectivity index (χ1v) is 12.2. The van der Waals surface area contributed by atoms with Gasteiger partial charge in [0.1, 0.15) is 4.83 Å². The summed E-state index contributed by atoms with van der Waals surface area (Å²) in [5, 5.41) is 1.23. The van der Waals surface area contributed by atoms with E-state index in [9.17, 15) is 9.59 Å². The van der Waals surface area contributed by atoms with Gasteiger partial charge in [0.2, 0.25) is 5.91 Å². The molecule has 2 atom stereocenters. The van der Waals surface area contributed by atoms with Gasteiger partial charge in [0, 0.05) is 24.5 Å². The van der Waals surface area contributed by atoms with Crippen molar-refractivity contribution in [3.05, 3.63) is 20.8 Å². The van der Waals surface area contributed by atoms with E-state index in [1.165, 1.54) is 35.0 Å². The van der Waals surface area contributed by atoms with Gasteiger partial charge >= 0.3 is 0 Å². The molecule has 1 fully saturated rings. The number of hydrogen-bond donors (Lipinski definition) is 0. The van der Waals surface area contributed by atoms with Gasteiger partial charge in [0.05, 0.1) is 10.6 Å². The smallest absolute Gasteiger partial charge is 0.262 e. The van der Waals surface area contributed by atoms with Crippen LogP contribution in [0.4, 0.5) is 0 Å². The number of carbonyl (C=O) groups is 1. The Bertz CT molecular complexity index is 949. The van der Waals surface area contributed by atoms with Gasteiger partial charge in [-0.15, -0.1) is 11.3 Å². The predicted octanol–water partition coefficient (Wildman–Crippen LogP) is 4.15. The van der Waals surface area contributed by atoms with Crippen LogP contribution in [-0.4, -0.2) is 38.2 Å². The first-order valence-electron chi connectivity index (χ1n) is 10.5. The van der Waals surface area contributed by atoms with Crippen molar-refractivity contribution in [3.63, 3.8) is 0 Å². The highest BCUT2D eigenvalue weighted by atomic mass is 32.2. The van der Waals surface area contributed by atoms with Crippen LogP contribution < -0.4 is 5.56 Å². The van der Waals surface area contributed by atoms with Crippen molar-refractivity contribution >= 4 is 39.2 Å². The Morgan fingerprint density at radius 2 is 2.07 bits per heavy atom. The molecule has 1 saturated heterocycles. The van der Waals surface area contributed by atoms with Crippen LogP contribution in [0, 0.1) is 0 Å². The lowest BCUT2D eigenvalue weighted by Gasteiger charge is -2.36. The Labute approximate surface area is 174 Å². The zero-order valence-electron chi connectivity index (χ0n) is 17.0. The highest BCUT2D eigenvalue weighted by Gasteiger charge is 2.30. The number of nitrogens with zero attached hydrogens (tertiary/aromatic N) is 3. The van der Waals surface area contributed by atoms with E-state index in [-0.39, 0.29) is 16.7 Å². The number of rotatable bonds is 4. The van der Waals surface area contributed by atoms with Crippen molar-refractivity contribution < 1.29 is 4.79 Å². The summed E-state index contributed by atoms with van der Waals surface area (Å²) in [5.41, 5.74) is 1.26. The maximum absolute atomic E-state index is 13.1. The van der Waals surface area contributed by atoms with Crippen molar-refractivity contribution in [1.29, 1.82) is 0 Å².